The Labute approximate surface area is 164 Å². The molecule has 1 amide bonds. The summed E-state index contributed by atoms with van der Waals surface area (Å²) in [5.41, 5.74) is 2.36. The van der Waals surface area contributed by atoms with Crippen molar-refractivity contribution in [3.63, 3.8) is 0 Å². The van der Waals surface area contributed by atoms with Crippen LogP contribution in [0.25, 0.3) is 5.76 Å². The lowest BCUT2D eigenvalue weighted by Gasteiger charge is -2.48. The lowest BCUT2D eigenvalue weighted by atomic mass is 9.57. The number of phenols is 1. The normalized spacial score (nSPS) is 33.9. The Bertz CT molecular complexity index is 1050. The van der Waals surface area contributed by atoms with Gasteiger partial charge in [-0.1, -0.05) is 12.1 Å². The first-order valence-corrected chi connectivity index (χ1v) is 8.97. The zero-order chi connectivity index (χ0) is 21.4. The molecule has 0 aromatic heterocycles. The predicted molar refractivity (Wildman–Crippen MR) is 97.2 cm³/mol. The molecule has 1 fully saturated rings. The van der Waals surface area contributed by atoms with Crippen molar-refractivity contribution in [2.45, 2.75) is 25.0 Å². The van der Waals surface area contributed by atoms with Gasteiger partial charge in [-0.3, -0.25) is 14.4 Å². The predicted octanol–water partition coefficient (Wildman–Crippen LogP) is -0.0552. The van der Waals surface area contributed by atoms with E-state index in [0.29, 0.717) is 0 Å². The molecule has 1 aromatic carbocycles. The van der Waals surface area contributed by atoms with Crippen molar-refractivity contribution in [1.29, 1.82) is 0 Å². The average molecular weight is 401 g/mol. The third kappa shape index (κ3) is 2.31. The van der Waals surface area contributed by atoms with Crippen LogP contribution in [-0.2, 0) is 20.0 Å². The number of fused-ring (bicyclic) bond motifs is 3. The number of carbonyl (C=O) groups is 3. The topological polar surface area (TPSA) is 178 Å². The summed E-state index contributed by atoms with van der Waals surface area (Å²) in [5, 5.41) is 52.8. The highest BCUT2D eigenvalue weighted by atomic mass is 16.3. The minimum Gasteiger partial charge on any atom is -0.509 e. The van der Waals surface area contributed by atoms with Crippen molar-refractivity contribution in [2.75, 3.05) is 0 Å². The van der Waals surface area contributed by atoms with E-state index in [2.05, 4.69) is 0 Å². The van der Waals surface area contributed by atoms with Crippen LogP contribution in [0.3, 0.4) is 0 Å². The SMILES string of the molecule is C[C@@]1(O)c2cccc(O)c2C(O)=C2C(=O)C3C(=O)C(C(N)=O)=C(O)C(O)C3CC21. The van der Waals surface area contributed by atoms with Crippen LogP contribution in [0.2, 0.25) is 0 Å². The van der Waals surface area contributed by atoms with Crippen molar-refractivity contribution < 1.29 is 39.9 Å². The second kappa shape index (κ2) is 5.91. The van der Waals surface area contributed by atoms with Crippen LogP contribution in [0.5, 0.6) is 5.75 Å². The Kier molecular flexibility index (Phi) is 3.91. The van der Waals surface area contributed by atoms with E-state index in [1.165, 1.54) is 25.1 Å². The van der Waals surface area contributed by atoms with Gasteiger partial charge in [0.15, 0.2) is 11.6 Å². The van der Waals surface area contributed by atoms with Crippen LogP contribution in [0.1, 0.15) is 24.5 Å². The fourth-order valence-electron chi connectivity index (χ4n) is 4.89. The standard InChI is InChI=1S/C20H19NO8/c1-20(29)7-3-2-4-9(22)11(7)17(26)12-8(20)5-6-10(15(12)24)16(25)13(19(21)28)18(27)14(6)23/h2-4,6,8,10,14,22-23,26-27,29H,5H2,1H3,(H2,21,28)/t6?,8?,10?,14?,20-/m1/s1. The van der Waals surface area contributed by atoms with Gasteiger partial charge in [0.05, 0.1) is 17.1 Å². The second-order valence-corrected chi connectivity index (χ2v) is 7.84. The molecule has 4 unspecified atom stereocenters. The molecule has 1 aromatic rings. The summed E-state index contributed by atoms with van der Waals surface area (Å²) in [4.78, 5) is 37.6. The molecule has 3 aliphatic carbocycles. The van der Waals surface area contributed by atoms with Gasteiger partial charge in [-0.2, -0.15) is 0 Å². The number of rotatable bonds is 1. The molecule has 4 rings (SSSR count). The number of aliphatic hydroxyl groups is 4. The molecule has 0 heterocycles. The summed E-state index contributed by atoms with van der Waals surface area (Å²) in [6.07, 6.45) is -1.85. The van der Waals surface area contributed by atoms with E-state index in [9.17, 15) is 39.9 Å². The molecule has 0 radical (unpaired) electrons. The van der Waals surface area contributed by atoms with Crippen molar-refractivity contribution in [3.05, 3.63) is 46.2 Å². The Morgan fingerprint density at radius 2 is 1.83 bits per heavy atom. The molecule has 0 saturated heterocycles. The fraction of sp³-hybridized carbons (Fsp3) is 0.350. The minimum absolute atomic E-state index is 0.118. The number of Topliss-reactive ketones (excluding diaryl/α,β-unsaturated/α-hetero) is 2. The Morgan fingerprint density at radius 3 is 2.45 bits per heavy atom. The molecular weight excluding hydrogens is 382 g/mol. The maximum Gasteiger partial charge on any atom is 0.255 e. The Balaban J connectivity index is 1.95. The molecule has 3 aliphatic rings. The molecule has 9 nitrogen and oxygen atoms in total. The van der Waals surface area contributed by atoms with E-state index < -0.39 is 64.0 Å². The Hall–Kier alpha value is -3.17. The largest absolute Gasteiger partial charge is 0.509 e. The van der Waals surface area contributed by atoms with E-state index in [-0.39, 0.29) is 28.9 Å². The molecule has 7 N–H and O–H groups in total. The summed E-state index contributed by atoms with van der Waals surface area (Å²) in [5.74, 6) is -8.74. The van der Waals surface area contributed by atoms with Gasteiger partial charge in [0.25, 0.3) is 5.91 Å². The number of nitrogens with two attached hydrogens (primary N) is 1. The van der Waals surface area contributed by atoms with Crippen LogP contribution < -0.4 is 5.73 Å². The number of primary amides is 1. The number of carbonyl (C=O) groups excluding carboxylic acids is 3. The molecule has 0 aliphatic heterocycles. The summed E-state index contributed by atoms with van der Waals surface area (Å²) < 4.78 is 0. The third-order valence-corrected chi connectivity index (χ3v) is 6.31. The number of aromatic hydroxyl groups is 1. The summed E-state index contributed by atoms with van der Waals surface area (Å²) in [7, 11) is 0. The molecule has 29 heavy (non-hydrogen) atoms. The van der Waals surface area contributed by atoms with E-state index in [1.807, 2.05) is 0 Å². The smallest absolute Gasteiger partial charge is 0.255 e. The van der Waals surface area contributed by atoms with Crippen molar-refractivity contribution in [2.24, 2.45) is 23.5 Å². The van der Waals surface area contributed by atoms with Crippen molar-refractivity contribution >= 4 is 23.2 Å². The van der Waals surface area contributed by atoms with Gasteiger partial charge in [-0.25, -0.2) is 0 Å². The molecule has 0 bridgehead atoms. The van der Waals surface area contributed by atoms with Crippen molar-refractivity contribution in [1.82, 2.24) is 0 Å². The monoisotopic (exact) mass is 401 g/mol. The van der Waals surface area contributed by atoms with Gasteiger partial charge < -0.3 is 31.3 Å². The molecule has 9 heteroatoms. The highest BCUT2D eigenvalue weighted by Crippen LogP contribution is 2.55. The zero-order valence-electron chi connectivity index (χ0n) is 15.3. The molecule has 1 saturated carbocycles. The number of amides is 1. The molecule has 152 valence electrons. The van der Waals surface area contributed by atoms with Gasteiger partial charge in [0, 0.05) is 17.4 Å². The number of phenolic OH excluding ortho intramolecular Hbond substituents is 1. The summed E-state index contributed by atoms with van der Waals surface area (Å²) >= 11 is 0. The van der Waals surface area contributed by atoms with Gasteiger partial charge in [-0.15, -0.1) is 0 Å². The van der Waals surface area contributed by atoms with Crippen LogP contribution in [0.4, 0.5) is 0 Å². The zero-order valence-corrected chi connectivity index (χ0v) is 15.3. The van der Waals surface area contributed by atoms with Gasteiger partial charge >= 0.3 is 0 Å². The third-order valence-electron chi connectivity index (χ3n) is 6.31. The van der Waals surface area contributed by atoms with Crippen molar-refractivity contribution in [3.8, 4) is 5.75 Å². The van der Waals surface area contributed by atoms with Crippen LogP contribution >= 0.6 is 0 Å². The van der Waals surface area contributed by atoms with E-state index in [4.69, 9.17) is 5.73 Å². The summed E-state index contributed by atoms with van der Waals surface area (Å²) in [6.45, 7) is 1.40. The second-order valence-electron chi connectivity index (χ2n) is 7.84. The van der Waals surface area contributed by atoms with Gasteiger partial charge in [0.2, 0.25) is 0 Å². The lowest BCUT2D eigenvalue weighted by molar-refractivity contribution is -0.142. The molecule has 5 atom stereocenters. The maximum atomic E-state index is 13.2. The lowest BCUT2D eigenvalue weighted by Crippen LogP contribution is -2.55. The molecular formula is C20H19NO8. The van der Waals surface area contributed by atoms with Gasteiger partial charge in [0.1, 0.15) is 28.9 Å². The molecule has 0 spiro atoms. The number of hydrogen-bond donors (Lipinski definition) is 6. The van der Waals surface area contributed by atoms with Crippen LogP contribution in [-0.4, -0.2) is 49.1 Å². The highest BCUT2D eigenvalue weighted by molar-refractivity contribution is 6.28. The highest BCUT2D eigenvalue weighted by Gasteiger charge is 2.59. The van der Waals surface area contributed by atoms with Gasteiger partial charge in [-0.05, 0) is 25.0 Å². The van der Waals surface area contributed by atoms with E-state index in [0.717, 1.165) is 0 Å². The van der Waals surface area contributed by atoms with Crippen LogP contribution in [0, 0.1) is 17.8 Å². The fourth-order valence-corrected chi connectivity index (χ4v) is 4.89. The first-order chi connectivity index (χ1) is 13.5. The number of aliphatic hydroxyl groups excluding tert-OH is 3. The Morgan fingerprint density at radius 1 is 1.17 bits per heavy atom. The number of ketones is 2. The number of benzene rings is 1. The first kappa shape index (κ1) is 19.2. The maximum absolute atomic E-state index is 13.2. The first-order valence-electron chi connectivity index (χ1n) is 8.97. The van der Waals surface area contributed by atoms with E-state index in [1.54, 1.807) is 0 Å². The number of hydrogen-bond acceptors (Lipinski definition) is 8. The summed E-state index contributed by atoms with van der Waals surface area (Å²) in [6, 6.07) is 4.24. The average Bonchev–Trinajstić information content (AvgIpc) is 2.63. The quantitative estimate of drug-likeness (QED) is 0.280. The minimum atomic E-state index is -1.72. The van der Waals surface area contributed by atoms with Crippen LogP contribution in [0.15, 0.2) is 35.1 Å². The van der Waals surface area contributed by atoms with E-state index >= 15 is 0 Å².